The summed E-state index contributed by atoms with van der Waals surface area (Å²) >= 11 is 0. The predicted molar refractivity (Wildman–Crippen MR) is 59.8 cm³/mol. The lowest BCUT2D eigenvalue weighted by molar-refractivity contribution is -0.160. The first-order chi connectivity index (χ1) is 8.50. The van der Waals surface area contributed by atoms with Gasteiger partial charge in [-0.25, -0.2) is 0 Å². The van der Waals surface area contributed by atoms with Crippen molar-refractivity contribution in [2.75, 3.05) is 26.2 Å². The minimum absolute atomic E-state index is 0.00162. The molecule has 0 spiro atoms. The Morgan fingerprint density at radius 2 is 1.67 bits per heavy atom. The van der Waals surface area contributed by atoms with Gasteiger partial charge in [-0.3, -0.25) is 14.4 Å². The number of carbonyl (C=O) groups excluding carboxylic acids is 1. The first-order valence-corrected chi connectivity index (χ1v) is 5.96. The van der Waals surface area contributed by atoms with E-state index in [0.29, 0.717) is 19.6 Å². The molecule has 100 valence electrons. The van der Waals surface area contributed by atoms with Gasteiger partial charge in [-0.2, -0.15) is 0 Å². The van der Waals surface area contributed by atoms with E-state index in [1.807, 2.05) is 0 Å². The molecule has 7 nitrogen and oxygen atoms in total. The number of amides is 1. The van der Waals surface area contributed by atoms with Crippen LogP contribution in [0.2, 0.25) is 0 Å². The van der Waals surface area contributed by atoms with Gasteiger partial charge in [-0.15, -0.1) is 0 Å². The summed E-state index contributed by atoms with van der Waals surface area (Å²) < 4.78 is 0. The van der Waals surface area contributed by atoms with Gasteiger partial charge in [-0.05, 0) is 6.42 Å². The van der Waals surface area contributed by atoms with Gasteiger partial charge in [0.15, 0.2) is 0 Å². The second kappa shape index (κ2) is 4.93. The Morgan fingerprint density at radius 3 is 2.11 bits per heavy atom. The lowest BCUT2D eigenvalue weighted by Gasteiger charge is -2.38. The predicted octanol–water partition coefficient (Wildman–Crippen LogP) is -1.16. The fraction of sp³-hybridized carbons (Fsp3) is 0.727. The van der Waals surface area contributed by atoms with E-state index in [4.69, 9.17) is 10.2 Å². The van der Waals surface area contributed by atoms with Crippen LogP contribution >= 0.6 is 0 Å². The molecule has 2 saturated heterocycles. The molecule has 0 bridgehead atoms. The van der Waals surface area contributed by atoms with Crippen molar-refractivity contribution in [1.29, 1.82) is 0 Å². The van der Waals surface area contributed by atoms with Crippen molar-refractivity contribution in [3.63, 3.8) is 0 Å². The number of aliphatic carboxylic acids is 2. The summed E-state index contributed by atoms with van der Waals surface area (Å²) in [6.07, 6.45) is 0.207. The molecule has 2 aliphatic heterocycles. The van der Waals surface area contributed by atoms with Gasteiger partial charge in [0.2, 0.25) is 5.91 Å². The first kappa shape index (κ1) is 12.8. The van der Waals surface area contributed by atoms with E-state index in [2.05, 4.69) is 5.32 Å². The van der Waals surface area contributed by atoms with Crippen molar-refractivity contribution in [3.05, 3.63) is 0 Å². The Labute approximate surface area is 104 Å². The second-order valence-electron chi connectivity index (χ2n) is 4.82. The molecule has 0 aromatic rings. The summed E-state index contributed by atoms with van der Waals surface area (Å²) in [7, 11) is 0. The summed E-state index contributed by atoms with van der Waals surface area (Å²) in [4.78, 5) is 35.5. The average Bonchev–Trinajstić information content (AvgIpc) is 2.25. The average molecular weight is 256 g/mol. The van der Waals surface area contributed by atoms with E-state index in [1.54, 1.807) is 0 Å². The third kappa shape index (κ3) is 2.31. The summed E-state index contributed by atoms with van der Waals surface area (Å²) in [6, 6.07) is 0. The maximum Gasteiger partial charge on any atom is 0.309 e. The molecule has 2 aliphatic rings. The lowest BCUT2D eigenvalue weighted by atomic mass is 9.85. The zero-order chi connectivity index (χ0) is 13.3. The standard InChI is InChI=1S/C11H16N2O5/c14-9(6-3-12-4-6)13-2-1-7(10(15)16)8(5-13)11(17)18/h6-8,12H,1-5H2,(H,15,16)(H,17,18). The molecule has 0 aromatic carbocycles. The molecule has 2 unspecified atom stereocenters. The Kier molecular flexibility index (Phi) is 3.51. The molecule has 7 heteroatoms. The van der Waals surface area contributed by atoms with Crippen molar-refractivity contribution in [1.82, 2.24) is 10.2 Å². The number of carboxylic acid groups (broad SMARTS) is 2. The Hall–Kier alpha value is -1.63. The number of nitrogens with one attached hydrogen (secondary N) is 1. The van der Waals surface area contributed by atoms with Crippen molar-refractivity contribution in [3.8, 4) is 0 Å². The number of carboxylic acids is 2. The van der Waals surface area contributed by atoms with E-state index in [1.165, 1.54) is 4.90 Å². The molecule has 1 amide bonds. The molecule has 2 rings (SSSR count). The van der Waals surface area contributed by atoms with Crippen LogP contribution in [0.3, 0.4) is 0 Å². The van der Waals surface area contributed by atoms with Crippen LogP contribution in [0.4, 0.5) is 0 Å². The van der Waals surface area contributed by atoms with Gasteiger partial charge in [0, 0.05) is 26.2 Å². The lowest BCUT2D eigenvalue weighted by Crippen LogP contribution is -2.56. The number of hydrogen-bond donors (Lipinski definition) is 3. The molecule has 0 aromatic heterocycles. The molecule has 3 N–H and O–H groups in total. The van der Waals surface area contributed by atoms with Gasteiger partial charge in [0.05, 0.1) is 17.8 Å². The maximum absolute atomic E-state index is 12.0. The number of rotatable bonds is 3. The van der Waals surface area contributed by atoms with Crippen LogP contribution in [0, 0.1) is 17.8 Å². The van der Waals surface area contributed by atoms with Crippen molar-refractivity contribution < 1.29 is 24.6 Å². The minimum atomic E-state index is -1.15. The van der Waals surface area contributed by atoms with Crippen LogP contribution in [0.1, 0.15) is 6.42 Å². The summed E-state index contributed by atoms with van der Waals surface area (Å²) in [5.74, 6) is -4.30. The number of nitrogens with zero attached hydrogens (tertiary/aromatic N) is 1. The molecule has 0 saturated carbocycles. The smallest absolute Gasteiger partial charge is 0.309 e. The fourth-order valence-corrected chi connectivity index (χ4v) is 2.42. The highest BCUT2D eigenvalue weighted by Gasteiger charge is 2.41. The highest BCUT2D eigenvalue weighted by molar-refractivity contribution is 5.84. The van der Waals surface area contributed by atoms with Gasteiger partial charge in [0.1, 0.15) is 0 Å². The van der Waals surface area contributed by atoms with E-state index in [-0.39, 0.29) is 24.8 Å². The van der Waals surface area contributed by atoms with Crippen molar-refractivity contribution in [2.24, 2.45) is 17.8 Å². The monoisotopic (exact) mass is 256 g/mol. The largest absolute Gasteiger partial charge is 0.481 e. The van der Waals surface area contributed by atoms with Gasteiger partial charge < -0.3 is 20.4 Å². The Bertz CT molecular complexity index is 380. The minimum Gasteiger partial charge on any atom is -0.481 e. The van der Waals surface area contributed by atoms with Gasteiger partial charge in [0.25, 0.3) is 0 Å². The number of carbonyl (C=O) groups is 3. The summed E-state index contributed by atoms with van der Waals surface area (Å²) in [6.45, 7) is 1.57. The van der Waals surface area contributed by atoms with Crippen molar-refractivity contribution in [2.45, 2.75) is 6.42 Å². The highest BCUT2D eigenvalue weighted by Crippen LogP contribution is 2.25. The molecular weight excluding hydrogens is 240 g/mol. The van der Waals surface area contributed by atoms with Gasteiger partial charge >= 0.3 is 11.9 Å². The van der Waals surface area contributed by atoms with E-state index >= 15 is 0 Å². The number of likely N-dealkylation sites (tertiary alicyclic amines) is 1. The third-order valence-corrected chi connectivity index (χ3v) is 3.69. The summed E-state index contributed by atoms with van der Waals surface area (Å²) in [5.41, 5.74) is 0. The van der Waals surface area contributed by atoms with Crippen LogP contribution in [-0.4, -0.2) is 59.1 Å². The van der Waals surface area contributed by atoms with Crippen LogP contribution in [0.5, 0.6) is 0 Å². The first-order valence-electron chi connectivity index (χ1n) is 5.96. The molecule has 0 aliphatic carbocycles. The quantitative estimate of drug-likeness (QED) is 0.588. The van der Waals surface area contributed by atoms with E-state index in [0.717, 1.165) is 0 Å². The Balaban J connectivity index is 2.03. The maximum atomic E-state index is 12.0. The summed E-state index contributed by atoms with van der Waals surface area (Å²) in [5, 5.41) is 21.0. The van der Waals surface area contributed by atoms with Crippen LogP contribution in [-0.2, 0) is 14.4 Å². The number of piperidine rings is 1. The molecule has 0 radical (unpaired) electrons. The normalized spacial score (nSPS) is 28.6. The fourth-order valence-electron chi connectivity index (χ4n) is 2.42. The third-order valence-electron chi connectivity index (χ3n) is 3.69. The highest BCUT2D eigenvalue weighted by atomic mass is 16.4. The second-order valence-corrected chi connectivity index (χ2v) is 4.82. The SMILES string of the molecule is O=C(O)C1CCN(C(=O)C2CNC2)CC1C(=O)O. The zero-order valence-corrected chi connectivity index (χ0v) is 9.83. The molecule has 18 heavy (non-hydrogen) atoms. The molecule has 2 heterocycles. The molecular formula is C11H16N2O5. The van der Waals surface area contributed by atoms with E-state index in [9.17, 15) is 14.4 Å². The van der Waals surface area contributed by atoms with Crippen molar-refractivity contribution >= 4 is 17.8 Å². The molecule has 2 fully saturated rings. The van der Waals surface area contributed by atoms with E-state index < -0.39 is 23.8 Å². The molecule has 2 atom stereocenters. The van der Waals surface area contributed by atoms with Crippen LogP contribution in [0.15, 0.2) is 0 Å². The van der Waals surface area contributed by atoms with Crippen LogP contribution < -0.4 is 5.32 Å². The topological polar surface area (TPSA) is 107 Å². The zero-order valence-electron chi connectivity index (χ0n) is 9.83. The van der Waals surface area contributed by atoms with Gasteiger partial charge in [-0.1, -0.05) is 0 Å². The van der Waals surface area contributed by atoms with Crippen LogP contribution in [0.25, 0.3) is 0 Å². The number of hydrogen-bond acceptors (Lipinski definition) is 4. The Morgan fingerprint density at radius 1 is 1.06 bits per heavy atom.